The molecule has 0 atom stereocenters. The molecule has 0 bridgehead atoms. The van der Waals surface area contributed by atoms with E-state index in [4.69, 9.17) is 9.47 Å². The lowest BCUT2D eigenvalue weighted by Gasteiger charge is -2.34. The number of aromatic nitrogens is 2. The second-order valence-corrected chi connectivity index (χ2v) is 9.27. The van der Waals surface area contributed by atoms with Crippen LogP contribution in [0.1, 0.15) is 62.0 Å². The quantitative estimate of drug-likeness (QED) is 0.700. The number of nitrogens with one attached hydrogen (secondary N) is 1. The van der Waals surface area contributed by atoms with Gasteiger partial charge < -0.3 is 19.7 Å². The van der Waals surface area contributed by atoms with Gasteiger partial charge >= 0.3 is 12.1 Å². The van der Waals surface area contributed by atoms with Crippen molar-refractivity contribution in [1.29, 1.82) is 0 Å². The summed E-state index contributed by atoms with van der Waals surface area (Å²) in [6.45, 7) is 13.1. The summed E-state index contributed by atoms with van der Waals surface area (Å²) >= 11 is 0. The number of alkyl carbamates (subject to hydrolysis) is 1. The Morgan fingerprint density at radius 2 is 1.75 bits per heavy atom. The molecule has 32 heavy (non-hydrogen) atoms. The number of anilines is 1. The van der Waals surface area contributed by atoms with Crippen molar-refractivity contribution >= 4 is 17.9 Å². The van der Waals surface area contributed by atoms with Crippen molar-refractivity contribution < 1.29 is 19.1 Å². The summed E-state index contributed by atoms with van der Waals surface area (Å²) in [5.41, 5.74) is 3.07. The van der Waals surface area contributed by atoms with Crippen LogP contribution < -0.4 is 10.2 Å². The van der Waals surface area contributed by atoms with Crippen LogP contribution in [0.25, 0.3) is 5.69 Å². The smallest absolute Gasteiger partial charge is 0.407 e. The van der Waals surface area contributed by atoms with E-state index < -0.39 is 11.7 Å². The van der Waals surface area contributed by atoms with Crippen molar-refractivity contribution in [1.82, 2.24) is 15.1 Å². The molecule has 0 aliphatic carbocycles. The zero-order chi connectivity index (χ0) is 23.5. The molecule has 1 N–H and O–H groups in total. The molecule has 1 aliphatic rings. The van der Waals surface area contributed by atoms with E-state index in [0.717, 1.165) is 35.5 Å². The van der Waals surface area contributed by atoms with Gasteiger partial charge in [0.2, 0.25) is 0 Å². The van der Waals surface area contributed by atoms with Gasteiger partial charge in [-0.3, -0.25) is 0 Å². The molecule has 0 unspecified atom stereocenters. The fourth-order valence-electron chi connectivity index (χ4n) is 3.97. The lowest BCUT2D eigenvalue weighted by molar-refractivity contribution is 0.0495. The van der Waals surface area contributed by atoms with Gasteiger partial charge in [0.15, 0.2) is 0 Å². The summed E-state index contributed by atoms with van der Waals surface area (Å²) in [5.74, 6) is 0.344. The number of aryl methyl sites for hydroxylation is 2. The number of rotatable bonds is 5. The molecule has 2 heterocycles. The second kappa shape index (κ2) is 9.63. The van der Waals surface area contributed by atoms with Gasteiger partial charge in [-0.15, -0.1) is 0 Å². The molecule has 8 nitrogen and oxygen atoms in total. The van der Waals surface area contributed by atoms with Gasteiger partial charge in [0.25, 0.3) is 0 Å². The van der Waals surface area contributed by atoms with Crippen LogP contribution in [-0.4, -0.2) is 53.2 Å². The number of piperidine rings is 1. The van der Waals surface area contributed by atoms with E-state index in [2.05, 4.69) is 33.5 Å². The predicted molar refractivity (Wildman–Crippen MR) is 124 cm³/mol. The third-order valence-electron chi connectivity index (χ3n) is 5.21. The SMILES string of the molecule is CCOC(=O)c1cnn(-c2cc(C)cc(C)c2)c1N1CCC(NC(=O)OC(C)(C)C)CC1. The van der Waals surface area contributed by atoms with Crippen LogP contribution in [-0.2, 0) is 9.47 Å². The molecule has 0 radical (unpaired) electrons. The van der Waals surface area contributed by atoms with Crippen molar-refractivity contribution in [3.05, 3.63) is 41.1 Å². The number of hydrogen-bond acceptors (Lipinski definition) is 6. The molecule has 1 saturated heterocycles. The first kappa shape index (κ1) is 23.6. The van der Waals surface area contributed by atoms with Crippen LogP contribution in [0.5, 0.6) is 0 Å². The first-order valence-corrected chi connectivity index (χ1v) is 11.2. The Balaban J connectivity index is 1.83. The fourth-order valence-corrected chi connectivity index (χ4v) is 3.97. The van der Waals surface area contributed by atoms with Crippen LogP contribution >= 0.6 is 0 Å². The van der Waals surface area contributed by atoms with Crippen LogP contribution in [0.15, 0.2) is 24.4 Å². The van der Waals surface area contributed by atoms with Gasteiger partial charge in [-0.2, -0.15) is 5.10 Å². The van der Waals surface area contributed by atoms with Crippen LogP contribution in [0.3, 0.4) is 0 Å². The maximum Gasteiger partial charge on any atom is 0.407 e. The summed E-state index contributed by atoms with van der Waals surface area (Å²) in [7, 11) is 0. The lowest BCUT2D eigenvalue weighted by Crippen LogP contribution is -2.46. The Morgan fingerprint density at radius 1 is 1.12 bits per heavy atom. The second-order valence-electron chi connectivity index (χ2n) is 9.27. The highest BCUT2D eigenvalue weighted by atomic mass is 16.6. The number of carbonyl (C=O) groups excluding carboxylic acids is 2. The highest BCUT2D eigenvalue weighted by molar-refractivity contribution is 5.95. The Bertz CT molecular complexity index is 949. The molecule has 1 aromatic carbocycles. The maximum absolute atomic E-state index is 12.7. The average molecular weight is 443 g/mol. The van der Waals surface area contributed by atoms with E-state index >= 15 is 0 Å². The molecule has 1 aromatic heterocycles. The third kappa shape index (κ3) is 5.81. The zero-order valence-electron chi connectivity index (χ0n) is 19.9. The van der Waals surface area contributed by atoms with E-state index in [1.807, 2.05) is 39.3 Å². The highest BCUT2D eigenvalue weighted by Crippen LogP contribution is 2.29. The molecule has 3 rings (SSSR count). The molecule has 1 aliphatic heterocycles. The van der Waals surface area contributed by atoms with E-state index in [0.29, 0.717) is 25.3 Å². The molecule has 174 valence electrons. The van der Waals surface area contributed by atoms with Crippen molar-refractivity contribution in [3.63, 3.8) is 0 Å². The molecule has 2 aromatic rings. The highest BCUT2D eigenvalue weighted by Gasteiger charge is 2.29. The normalized spacial score (nSPS) is 14.9. The van der Waals surface area contributed by atoms with Gasteiger partial charge in [0.05, 0.1) is 18.5 Å². The Morgan fingerprint density at radius 3 is 2.31 bits per heavy atom. The van der Waals surface area contributed by atoms with E-state index in [1.54, 1.807) is 13.1 Å². The fraction of sp³-hybridized carbons (Fsp3) is 0.542. The summed E-state index contributed by atoms with van der Waals surface area (Å²) < 4.78 is 12.5. The Hall–Kier alpha value is -3.03. The standard InChI is InChI=1S/C24H34N4O4/c1-7-31-22(29)20-15-25-28(19-13-16(2)12-17(3)14-19)21(20)27-10-8-18(9-11-27)26-23(30)32-24(4,5)6/h12-15,18H,7-11H2,1-6H3,(H,26,30). The summed E-state index contributed by atoms with van der Waals surface area (Å²) in [6, 6.07) is 6.22. The van der Waals surface area contributed by atoms with Gasteiger partial charge in [-0.1, -0.05) is 6.07 Å². The third-order valence-corrected chi connectivity index (χ3v) is 5.21. The number of esters is 1. The van der Waals surface area contributed by atoms with Crippen LogP contribution in [0.4, 0.5) is 10.6 Å². The molecule has 1 fully saturated rings. The maximum atomic E-state index is 12.7. The molecule has 1 amide bonds. The van der Waals surface area contributed by atoms with E-state index in [-0.39, 0.29) is 12.0 Å². The topological polar surface area (TPSA) is 85.7 Å². The number of hydrogen-bond donors (Lipinski definition) is 1. The molecule has 8 heteroatoms. The van der Waals surface area contributed by atoms with E-state index in [1.165, 1.54) is 0 Å². The first-order valence-electron chi connectivity index (χ1n) is 11.2. The predicted octanol–water partition coefficient (Wildman–Crippen LogP) is 4.16. The van der Waals surface area contributed by atoms with Gasteiger partial charge in [0.1, 0.15) is 17.0 Å². The minimum Gasteiger partial charge on any atom is -0.462 e. The molecular weight excluding hydrogens is 408 g/mol. The number of carbonyl (C=O) groups is 2. The first-order chi connectivity index (χ1) is 15.1. The van der Waals surface area contributed by atoms with Crippen molar-refractivity contribution in [2.75, 3.05) is 24.6 Å². The number of amides is 1. The van der Waals surface area contributed by atoms with Crippen LogP contribution in [0.2, 0.25) is 0 Å². The number of nitrogens with zero attached hydrogens (tertiary/aromatic N) is 3. The van der Waals surface area contributed by atoms with Crippen molar-refractivity contribution in [2.24, 2.45) is 0 Å². The molecular formula is C24H34N4O4. The number of ether oxygens (including phenoxy) is 2. The van der Waals surface area contributed by atoms with Crippen molar-refractivity contribution in [3.8, 4) is 5.69 Å². The Kier molecular flexibility index (Phi) is 7.11. The minimum atomic E-state index is -0.530. The molecule has 0 saturated carbocycles. The number of benzene rings is 1. The molecule has 0 spiro atoms. The minimum absolute atomic E-state index is 0.0183. The lowest BCUT2D eigenvalue weighted by atomic mass is 10.0. The van der Waals surface area contributed by atoms with Crippen LogP contribution in [0, 0.1) is 13.8 Å². The summed E-state index contributed by atoms with van der Waals surface area (Å²) in [6.07, 6.45) is 2.65. The Labute approximate surface area is 189 Å². The zero-order valence-corrected chi connectivity index (χ0v) is 19.9. The largest absolute Gasteiger partial charge is 0.462 e. The van der Waals surface area contributed by atoms with Gasteiger partial charge in [0, 0.05) is 19.1 Å². The monoisotopic (exact) mass is 442 g/mol. The summed E-state index contributed by atoms with van der Waals surface area (Å²) in [5, 5.41) is 7.50. The summed E-state index contributed by atoms with van der Waals surface area (Å²) in [4.78, 5) is 26.9. The van der Waals surface area contributed by atoms with Gasteiger partial charge in [-0.25, -0.2) is 14.3 Å². The van der Waals surface area contributed by atoms with Gasteiger partial charge in [-0.05, 0) is 77.6 Å². The van der Waals surface area contributed by atoms with E-state index in [9.17, 15) is 9.59 Å². The average Bonchev–Trinajstić information content (AvgIpc) is 3.12. The van der Waals surface area contributed by atoms with Crippen molar-refractivity contribution in [2.45, 2.75) is 66.0 Å².